The van der Waals surface area contributed by atoms with Crippen LogP contribution >= 0.6 is 0 Å². The highest BCUT2D eigenvalue weighted by atomic mass is 16.2. The van der Waals surface area contributed by atoms with Crippen LogP contribution in [0.4, 0.5) is 0 Å². The molecule has 0 aromatic heterocycles. The van der Waals surface area contributed by atoms with E-state index in [0.717, 1.165) is 45.7 Å². The third kappa shape index (κ3) is 3.50. The number of hydrogen-bond acceptors (Lipinski definition) is 3. The summed E-state index contributed by atoms with van der Waals surface area (Å²) < 4.78 is 0. The van der Waals surface area contributed by atoms with E-state index in [1.807, 2.05) is 4.90 Å². The second-order valence-electron chi connectivity index (χ2n) is 6.93. The second-order valence-corrected chi connectivity index (χ2v) is 6.93. The highest BCUT2D eigenvalue weighted by Crippen LogP contribution is 2.18. The Morgan fingerprint density at radius 2 is 1.86 bits per heavy atom. The first-order chi connectivity index (χ1) is 10.6. The van der Waals surface area contributed by atoms with Gasteiger partial charge in [-0.05, 0) is 23.5 Å². The van der Waals surface area contributed by atoms with E-state index >= 15 is 0 Å². The van der Waals surface area contributed by atoms with E-state index < -0.39 is 0 Å². The maximum Gasteiger partial charge on any atom is 0.240 e. The summed E-state index contributed by atoms with van der Waals surface area (Å²) in [5.41, 5.74) is 2.64. The van der Waals surface area contributed by atoms with Crippen LogP contribution in [0.1, 0.15) is 25.0 Å². The molecule has 120 valence electrons. The van der Waals surface area contributed by atoms with Crippen LogP contribution in [0.3, 0.4) is 0 Å². The van der Waals surface area contributed by atoms with Crippen molar-refractivity contribution < 1.29 is 4.79 Å². The SMILES string of the molecule is CC(C)CN1CCN(C(=O)C2Cc3ccccc3CN2)CC1. The third-order valence-electron chi connectivity index (χ3n) is 4.69. The summed E-state index contributed by atoms with van der Waals surface area (Å²) in [6.07, 6.45) is 0.821. The van der Waals surface area contributed by atoms with Crippen LogP contribution in [0.5, 0.6) is 0 Å². The van der Waals surface area contributed by atoms with E-state index in [-0.39, 0.29) is 11.9 Å². The molecule has 1 amide bonds. The number of nitrogens with zero attached hydrogens (tertiary/aromatic N) is 2. The van der Waals surface area contributed by atoms with Crippen molar-refractivity contribution in [1.82, 2.24) is 15.1 Å². The predicted octanol–water partition coefficient (Wildman–Crippen LogP) is 1.50. The third-order valence-corrected chi connectivity index (χ3v) is 4.69. The highest BCUT2D eigenvalue weighted by molar-refractivity contribution is 5.82. The molecule has 1 atom stereocenters. The molecular formula is C18H27N3O. The lowest BCUT2D eigenvalue weighted by Gasteiger charge is -2.38. The quantitative estimate of drug-likeness (QED) is 0.919. The smallest absolute Gasteiger partial charge is 0.240 e. The van der Waals surface area contributed by atoms with Crippen molar-refractivity contribution in [3.8, 4) is 0 Å². The number of fused-ring (bicyclic) bond motifs is 1. The molecule has 0 spiro atoms. The Kier molecular flexibility index (Phi) is 4.79. The molecule has 1 unspecified atom stereocenters. The van der Waals surface area contributed by atoms with Crippen LogP contribution in [-0.4, -0.2) is 54.5 Å². The molecule has 0 bridgehead atoms. The van der Waals surface area contributed by atoms with Crippen molar-refractivity contribution in [3.05, 3.63) is 35.4 Å². The number of amides is 1. The topological polar surface area (TPSA) is 35.6 Å². The van der Waals surface area contributed by atoms with E-state index in [1.165, 1.54) is 11.1 Å². The molecule has 4 nitrogen and oxygen atoms in total. The molecule has 1 fully saturated rings. The molecule has 0 aliphatic carbocycles. The van der Waals surface area contributed by atoms with Crippen LogP contribution in [0.2, 0.25) is 0 Å². The van der Waals surface area contributed by atoms with Gasteiger partial charge in [-0.1, -0.05) is 38.1 Å². The molecule has 22 heavy (non-hydrogen) atoms. The molecule has 2 aliphatic rings. The zero-order chi connectivity index (χ0) is 15.5. The van der Waals surface area contributed by atoms with Crippen LogP contribution in [0.25, 0.3) is 0 Å². The molecule has 1 aromatic rings. The zero-order valence-electron chi connectivity index (χ0n) is 13.7. The number of rotatable bonds is 3. The summed E-state index contributed by atoms with van der Waals surface area (Å²) in [7, 11) is 0. The Bertz CT molecular complexity index is 521. The van der Waals surface area contributed by atoms with Crippen molar-refractivity contribution in [3.63, 3.8) is 0 Å². The van der Waals surface area contributed by atoms with Gasteiger partial charge in [0.1, 0.15) is 0 Å². The highest BCUT2D eigenvalue weighted by Gasteiger charge is 2.29. The molecular weight excluding hydrogens is 274 g/mol. The fraction of sp³-hybridized carbons (Fsp3) is 0.611. The minimum Gasteiger partial charge on any atom is -0.339 e. The Labute approximate surface area is 133 Å². The summed E-state index contributed by atoms with van der Waals surface area (Å²) in [5.74, 6) is 0.970. The molecule has 2 aliphatic heterocycles. The van der Waals surface area contributed by atoms with Gasteiger partial charge in [0.05, 0.1) is 6.04 Å². The summed E-state index contributed by atoms with van der Waals surface area (Å²) in [6, 6.07) is 8.38. The van der Waals surface area contributed by atoms with Crippen molar-refractivity contribution in [2.24, 2.45) is 5.92 Å². The van der Waals surface area contributed by atoms with E-state index in [0.29, 0.717) is 5.92 Å². The van der Waals surface area contributed by atoms with Gasteiger partial charge in [-0.2, -0.15) is 0 Å². The number of carbonyl (C=O) groups is 1. The summed E-state index contributed by atoms with van der Waals surface area (Å²) >= 11 is 0. The number of piperazine rings is 1. The fourth-order valence-corrected chi connectivity index (χ4v) is 3.52. The van der Waals surface area contributed by atoms with E-state index in [9.17, 15) is 4.79 Å². The van der Waals surface area contributed by atoms with Gasteiger partial charge >= 0.3 is 0 Å². The fourth-order valence-electron chi connectivity index (χ4n) is 3.52. The van der Waals surface area contributed by atoms with Gasteiger partial charge in [-0.3, -0.25) is 9.69 Å². The van der Waals surface area contributed by atoms with Crippen LogP contribution in [-0.2, 0) is 17.8 Å². The Morgan fingerprint density at radius 3 is 2.55 bits per heavy atom. The minimum atomic E-state index is -0.0495. The summed E-state index contributed by atoms with van der Waals surface area (Å²) in [6.45, 7) is 10.2. The first-order valence-electron chi connectivity index (χ1n) is 8.45. The maximum atomic E-state index is 12.7. The second kappa shape index (κ2) is 6.80. The Balaban J connectivity index is 1.55. The zero-order valence-corrected chi connectivity index (χ0v) is 13.7. The lowest BCUT2D eigenvalue weighted by Crippen LogP contribution is -2.55. The molecule has 4 heteroatoms. The van der Waals surface area contributed by atoms with Crippen molar-refractivity contribution >= 4 is 5.91 Å². The number of carbonyl (C=O) groups excluding carboxylic acids is 1. The molecule has 0 saturated carbocycles. The van der Waals surface area contributed by atoms with Gasteiger partial charge in [0.25, 0.3) is 0 Å². The first kappa shape index (κ1) is 15.5. The first-order valence-corrected chi connectivity index (χ1v) is 8.45. The van der Waals surface area contributed by atoms with Gasteiger partial charge in [0.15, 0.2) is 0 Å². The van der Waals surface area contributed by atoms with Gasteiger partial charge in [-0.25, -0.2) is 0 Å². The monoisotopic (exact) mass is 301 g/mol. The van der Waals surface area contributed by atoms with Crippen molar-refractivity contribution in [1.29, 1.82) is 0 Å². The van der Waals surface area contributed by atoms with E-state index in [4.69, 9.17) is 0 Å². The summed E-state index contributed by atoms with van der Waals surface area (Å²) in [5, 5.41) is 3.41. The van der Waals surface area contributed by atoms with Gasteiger partial charge < -0.3 is 10.2 Å². The van der Waals surface area contributed by atoms with Gasteiger partial charge in [0.2, 0.25) is 5.91 Å². The minimum absolute atomic E-state index is 0.0495. The lowest BCUT2D eigenvalue weighted by molar-refractivity contribution is -0.135. The van der Waals surface area contributed by atoms with Crippen molar-refractivity contribution in [2.45, 2.75) is 32.9 Å². The largest absolute Gasteiger partial charge is 0.339 e. The molecule has 2 heterocycles. The number of benzene rings is 1. The van der Waals surface area contributed by atoms with Gasteiger partial charge in [-0.15, -0.1) is 0 Å². The molecule has 1 saturated heterocycles. The average molecular weight is 301 g/mol. The standard InChI is InChI=1S/C18H27N3O/c1-14(2)13-20-7-9-21(10-8-20)18(22)17-11-15-5-3-4-6-16(15)12-19-17/h3-6,14,17,19H,7-13H2,1-2H3. The number of hydrogen-bond donors (Lipinski definition) is 1. The van der Waals surface area contributed by atoms with E-state index in [1.54, 1.807) is 0 Å². The van der Waals surface area contributed by atoms with Gasteiger partial charge in [0, 0.05) is 39.3 Å². The van der Waals surface area contributed by atoms with E-state index in [2.05, 4.69) is 48.3 Å². The maximum absolute atomic E-state index is 12.7. The lowest BCUT2D eigenvalue weighted by atomic mass is 9.95. The van der Waals surface area contributed by atoms with Crippen LogP contribution < -0.4 is 5.32 Å². The predicted molar refractivity (Wildman–Crippen MR) is 88.6 cm³/mol. The molecule has 0 radical (unpaired) electrons. The van der Waals surface area contributed by atoms with Crippen molar-refractivity contribution in [2.75, 3.05) is 32.7 Å². The molecule has 3 rings (SSSR count). The average Bonchev–Trinajstić information content (AvgIpc) is 2.54. The molecule has 1 aromatic carbocycles. The Hall–Kier alpha value is -1.39. The number of nitrogens with one attached hydrogen (secondary N) is 1. The normalized spacial score (nSPS) is 22.7. The van der Waals surface area contributed by atoms with Crippen LogP contribution in [0, 0.1) is 5.92 Å². The van der Waals surface area contributed by atoms with Crippen LogP contribution in [0.15, 0.2) is 24.3 Å². The Morgan fingerprint density at radius 1 is 1.18 bits per heavy atom. The summed E-state index contributed by atoms with van der Waals surface area (Å²) in [4.78, 5) is 17.3. The molecule has 1 N–H and O–H groups in total.